The van der Waals surface area contributed by atoms with Crippen LogP contribution in [0.5, 0.6) is 0 Å². The highest BCUT2D eigenvalue weighted by molar-refractivity contribution is 8.25. The number of hydrazone groups is 1. The summed E-state index contributed by atoms with van der Waals surface area (Å²) >= 11 is 7.08. The number of hydrogen-bond acceptors (Lipinski definition) is 5. The second-order valence-corrected chi connectivity index (χ2v) is 6.21. The molecule has 2 aliphatic heterocycles. The second-order valence-electron chi connectivity index (χ2n) is 4.97. The number of amides is 1. The van der Waals surface area contributed by atoms with E-state index in [9.17, 15) is 4.79 Å². The van der Waals surface area contributed by atoms with Gasteiger partial charge in [0.1, 0.15) is 11.5 Å². The summed E-state index contributed by atoms with van der Waals surface area (Å²) in [6.45, 7) is 0. The van der Waals surface area contributed by atoms with Crippen molar-refractivity contribution in [1.29, 1.82) is 5.41 Å². The van der Waals surface area contributed by atoms with Crippen LogP contribution in [-0.2, 0) is 4.79 Å². The molecule has 0 saturated heterocycles. The molecule has 1 aromatic heterocycles. The van der Waals surface area contributed by atoms with E-state index >= 15 is 0 Å². The molecule has 3 heterocycles. The fraction of sp³-hybridized carbons (Fsp3) is 0. The predicted octanol–water partition coefficient (Wildman–Crippen LogP) is 3.85. The molecule has 2 aromatic rings. The van der Waals surface area contributed by atoms with Crippen LogP contribution in [0.1, 0.15) is 5.76 Å². The summed E-state index contributed by atoms with van der Waals surface area (Å²) in [5.74, 6) is 0.610. The number of carbonyl (C=O) groups is 1. The molecule has 0 aliphatic carbocycles. The number of nitrogens with one attached hydrogen (secondary N) is 1. The molecular formula is C16H9ClN4O2S. The van der Waals surface area contributed by atoms with E-state index < -0.39 is 5.91 Å². The van der Waals surface area contributed by atoms with Crippen LogP contribution in [0.2, 0.25) is 5.02 Å². The topological polar surface area (TPSA) is 82.0 Å². The Kier molecular flexibility index (Phi) is 3.59. The van der Waals surface area contributed by atoms with E-state index in [0.29, 0.717) is 21.7 Å². The van der Waals surface area contributed by atoms with E-state index in [1.807, 2.05) is 12.1 Å². The Morgan fingerprint density at radius 2 is 2.00 bits per heavy atom. The number of hydrogen-bond donors (Lipinski definition) is 1. The maximum atomic E-state index is 12.1. The lowest BCUT2D eigenvalue weighted by Crippen LogP contribution is -2.35. The van der Waals surface area contributed by atoms with Gasteiger partial charge in [0.15, 0.2) is 11.0 Å². The number of carbonyl (C=O) groups excluding carboxylic acids is 1. The van der Waals surface area contributed by atoms with Crippen LogP contribution in [0.25, 0.3) is 17.4 Å². The molecule has 1 aromatic carbocycles. The Balaban J connectivity index is 1.67. The fourth-order valence-corrected chi connectivity index (χ4v) is 3.01. The number of aliphatic imine (C=N–C) groups is 1. The molecular weight excluding hydrogens is 348 g/mol. The highest BCUT2D eigenvalue weighted by Gasteiger charge is 2.32. The molecule has 118 valence electrons. The normalized spacial score (nSPS) is 18.3. The van der Waals surface area contributed by atoms with Crippen LogP contribution < -0.4 is 0 Å². The lowest BCUT2D eigenvalue weighted by Gasteiger charge is -2.19. The zero-order chi connectivity index (χ0) is 16.7. The smallest absolute Gasteiger partial charge is 0.283 e. The monoisotopic (exact) mass is 356 g/mol. The zero-order valence-electron chi connectivity index (χ0n) is 12.1. The van der Waals surface area contributed by atoms with Gasteiger partial charge in [-0.3, -0.25) is 10.2 Å². The summed E-state index contributed by atoms with van der Waals surface area (Å²) < 4.78 is 5.74. The third kappa shape index (κ3) is 2.57. The quantitative estimate of drug-likeness (QED) is 0.828. The van der Waals surface area contributed by atoms with Crippen molar-refractivity contribution in [1.82, 2.24) is 5.01 Å². The van der Waals surface area contributed by atoms with Gasteiger partial charge in [0, 0.05) is 10.6 Å². The average molecular weight is 357 g/mol. The molecule has 1 amide bonds. The standard InChI is InChI=1S/C16H9ClN4O2S/c17-10-3-1-9(2-4-10)13-6-5-11(23-13)7-12-14(18)21-16(20-15(12)22)24-8-19-21/h1-8,18H. The van der Waals surface area contributed by atoms with Crippen molar-refractivity contribution in [3.63, 3.8) is 0 Å². The maximum Gasteiger partial charge on any atom is 0.283 e. The van der Waals surface area contributed by atoms with Crippen LogP contribution in [0.3, 0.4) is 0 Å². The van der Waals surface area contributed by atoms with Crippen molar-refractivity contribution < 1.29 is 9.21 Å². The average Bonchev–Trinajstić information content (AvgIpc) is 3.21. The van der Waals surface area contributed by atoms with E-state index in [0.717, 1.165) is 5.56 Å². The minimum atomic E-state index is -0.478. The molecule has 0 atom stereocenters. The summed E-state index contributed by atoms with van der Waals surface area (Å²) in [7, 11) is 0. The molecule has 0 bridgehead atoms. The first-order valence-electron chi connectivity index (χ1n) is 6.90. The van der Waals surface area contributed by atoms with Crippen molar-refractivity contribution in [2.45, 2.75) is 0 Å². The van der Waals surface area contributed by atoms with Gasteiger partial charge in [-0.25, -0.2) is 0 Å². The molecule has 0 fully saturated rings. The van der Waals surface area contributed by atoms with E-state index in [2.05, 4.69) is 10.1 Å². The molecule has 0 spiro atoms. The number of thioether (sulfide) groups is 1. The highest BCUT2D eigenvalue weighted by Crippen LogP contribution is 2.27. The van der Waals surface area contributed by atoms with Crippen LogP contribution in [0.15, 0.2) is 56.5 Å². The van der Waals surface area contributed by atoms with Crippen molar-refractivity contribution in [2.24, 2.45) is 10.1 Å². The van der Waals surface area contributed by atoms with Gasteiger partial charge in [-0.05, 0) is 54.2 Å². The third-order valence-electron chi connectivity index (χ3n) is 3.44. The Labute approximate surface area is 146 Å². The molecule has 24 heavy (non-hydrogen) atoms. The Morgan fingerprint density at radius 3 is 2.79 bits per heavy atom. The number of amidine groups is 2. The first kappa shape index (κ1) is 14.9. The number of rotatable bonds is 2. The fourth-order valence-electron chi connectivity index (χ4n) is 2.28. The third-order valence-corrected chi connectivity index (χ3v) is 4.37. The SMILES string of the molecule is N=C1C(=Cc2ccc(-c3ccc(Cl)cc3)o2)C(=O)N=C2SC=NN12. The van der Waals surface area contributed by atoms with Gasteiger partial charge in [0.05, 0.1) is 11.1 Å². The number of halogens is 1. The van der Waals surface area contributed by atoms with E-state index in [1.165, 1.54) is 28.4 Å². The number of benzene rings is 1. The second kappa shape index (κ2) is 5.77. The molecule has 1 N–H and O–H groups in total. The van der Waals surface area contributed by atoms with Gasteiger partial charge in [-0.15, -0.1) is 0 Å². The first-order valence-corrected chi connectivity index (χ1v) is 8.16. The predicted molar refractivity (Wildman–Crippen MR) is 95.2 cm³/mol. The van der Waals surface area contributed by atoms with Gasteiger partial charge >= 0.3 is 0 Å². The van der Waals surface area contributed by atoms with Gasteiger partial charge in [0.25, 0.3) is 5.91 Å². The molecule has 8 heteroatoms. The molecule has 0 saturated carbocycles. The summed E-state index contributed by atoms with van der Waals surface area (Å²) in [5, 5.41) is 14.5. The van der Waals surface area contributed by atoms with Gasteiger partial charge in [-0.1, -0.05) is 11.6 Å². The van der Waals surface area contributed by atoms with Gasteiger partial charge in [0.2, 0.25) is 0 Å². The van der Waals surface area contributed by atoms with E-state index in [1.54, 1.807) is 24.3 Å². The largest absolute Gasteiger partial charge is 0.457 e. The van der Waals surface area contributed by atoms with Crippen LogP contribution in [0, 0.1) is 5.41 Å². The Bertz CT molecular complexity index is 943. The molecule has 6 nitrogen and oxygen atoms in total. The zero-order valence-corrected chi connectivity index (χ0v) is 13.6. The number of fused-ring (bicyclic) bond motifs is 1. The highest BCUT2D eigenvalue weighted by atomic mass is 35.5. The van der Waals surface area contributed by atoms with Crippen molar-refractivity contribution in [3.8, 4) is 11.3 Å². The maximum absolute atomic E-state index is 12.1. The molecule has 0 unspecified atom stereocenters. The van der Waals surface area contributed by atoms with Crippen molar-refractivity contribution >= 4 is 51.9 Å². The van der Waals surface area contributed by atoms with Gasteiger partial charge < -0.3 is 4.42 Å². The summed E-state index contributed by atoms with van der Waals surface area (Å²) in [6.07, 6.45) is 1.50. The Hall–Kier alpha value is -2.64. The van der Waals surface area contributed by atoms with Crippen molar-refractivity contribution in [2.75, 3.05) is 0 Å². The van der Waals surface area contributed by atoms with Gasteiger partial charge in [-0.2, -0.15) is 15.1 Å². The summed E-state index contributed by atoms with van der Waals surface area (Å²) in [6, 6.07) is 10.8. The molecule has 0 radical (unpaired) electrons. The van der Waals surface area contributed by atoms with Crippen molar-refractivity contribution in [3.05, 3.63) is 52.8 Å². The minimum Gasteiger partial charge on any atom is -0.457 e. The summed E-state index contributed by atoms with van der Waals surface area (Å²) in [5.41, 5.74) is 2.54. The molecule has 4 rings (SSSR count). The summed E-state index contributed by atoms with van der Waals surface area (Å²) in [4.78, 5) is 16.0. The van der Waals surface area contributed by atoms with E-state index in [4.69, 9.17) is 21.4 Å². The lowest BCUT2D eigenvalue weighted by atomic mass is 10.1. The number of furan rings is 1. The van der Waals surface area contributed by atoms with Crippen LogP contribution in [0.4, 0.5) is 0 Å². The van der Waals surface area contributed by atoms with E-state index in [-0.39, 0.29) is 11.4 Å². The first-order chi connectivity index (χ1) is 11.6. The lowest BCUT2D eigenvalue weighted by molar-refractivity contribution is -0.114. The van der Waals surface area contributed by atoms with Crippen LogP contribution >= 0.6 is 23.4 Å². The van der Waals surface area contributed by atoms with Crippen LogP contribution in [-0.4, -0.2) is 27.5 Å². The Morgan fingerprint density at radius 1 is 1.21 bits per heavy atom. The minimum absolute atomic E-state index is 0.0179. The molecule has 2 aliphatic rings. The number of nitrogens with zero attached hydrogens (tertiary/aromatic N) is 3.